The summed E-state index contributed by atoms with van der Waals surface area (Å²) in [6, 6.07) is 12.1. The number of nitriles is 1. The predicted molar refractivity (Wildman–Crippen MR) is 120 cm³/mol. The van der Waals surface area contributed by atoms with E-state index in [-0.39, 0.29) is 24.8 Å². The lowest BCUT2D eigenvalue weighted by molar-refractivity contribution is 0.158. The number of amides is 3. The maximum Gasteiger partial charge on any atom is 0.418 e. The normalized spacial score (nSPS) is 24.1. The number of benzene rings is 2. The highest BCUT2D eigenvalue weighted by Gasteiger charge is 2.40. The minimum absolute atomic E-state index is 0.0814. The summed E-state index contributed by atoms with van der Waals surface area (Å²) < 4.78 is 45.4. The Morgan fingerprint density at radius 1 is 1.11 bits per heavy atom. The van der Waals surface area contributed by atoms with Crippen LogP contribution in [0.25, 0.3) is 0 Å². The number of ether oxygens (including phenoxy) is 1. The van der Waals surface area contributed by atoms with Crippen molar-refractivity contribution in [1.82, 2.24) is 15.5 Å². The van der Waals surface area contributed by atoms with E-state index in [0.29, 0.717) is 6.54 Å². The van der Waals surface area contributed by atoms with Crippen molar-refractivity contribution in [3.8, 4) is 6.07 Å². The van der Waals surface area contributed by atoms with Gasteiger partial charge in [-0.1, -0.05) is 30.3 Å². The molecule has 10 heteroatoms. The van der Waals surface area contributed by atoms with Gasteiger partial charge in [-0.05, 0) is 48.9 Å². The van der Waals surface area contributed by atoms with Gasteiger partial charge < -0.3 is 15.4 Å². The molecule has 0 radical (unpaired) electrons. The van der Waals surface area contributed by atoms with Gasteiger partial charge in [0.15, 0.2) is 17.5 Å². The van der Waals surface area contributed by atoms with Crippen LogP contribution in [0.15, 0.2) is 42.5 Å². The summed E-state index contributed by atoms with van der Waals surface area (Å²) in [6.07, 6.45) is 2.11. The summed E-state index contributed by atoms with van der Waals surface area (Å²) in [7, 11) is 0. The molecular formula is C25H25F3N4O3. The second-order valence-corrected chi connectivity index (χ2v) is 8.78. The fourth-order valence-electron chi connectivity index (χ4n) is 4.73. The van der Waals surface area contributed by atoms with Gasteiger partial charge >= 0.3 is 12.1 Å². The number of nitrogens with one attached hydrogen (secondary N) is 2. The Hall–Kier alpha value is -3.58. The second-order valence-electron chi connectivity index (χ2n) is 8.78. The molecule has 1 aliphatic carbocycles. The summed E-state index contributed by atoms with van der Waals surface area (Å²) in [5.41, 5.74) is 0.459. The van der Waals surface area contributed by atoms with Crippen molar-refractivity contribution in [2.45, 2.75) is 43.2 Å². The second kappa shape index (κ2) is 10.4. The van der Waals surface area contributed by atoms with Gasteiger partial charge in [-0.15, -0.1) is 0 Å². The maximum absolute atomic E-state index is 13.6. The number of hydrogen-bond acceptors (Lipinski definition) is 5. The van der Waals surface area contributed by atoms with E-state index >= 15 is 0 Å². The van der Waals surface area contributed by atoms with Crippen molar-refractivity contribution in [2.75, 3.05) is 19.7 Å². The number of halogens is 3. The van der Waals surface area contributed by atoms with Crippen LogP contribution < -0.4 is 10.6 Å². The molecule has 1 unspecified atom stereocenters. The van der Waals surface area contributed by atoms with Crippen molar-refractivity contribution in [3.05, 3.63) is 71.0 Å². The number of carbonyl (C=O) groups is 2. The molecule has 2 fully saturated rings. The number of carbonyl (C=O) groups excluding carboxylic acids is 2. The van der Waals surface area contributed by atoms with Crippen molar-refractivity contribution in [3.63, 3.8) is 0 Å². The molecule has 0 spiro atoms. The zero-order valence-electron chi connectivity index (χ0n) is 18.9. The van der Waals surface area contributed by atoms with Crippen molar-refractivity contribution in [2.24, 2.45) is 0 Å². The summed E-state index contributed by atoms with van der Waals surface area (Å²) in [6.45, 7) is 0.327. The van der Waals surface area contributed by atoms with Gasteiger partial charge in [0, 0.05) is 19.1 Å². The number of rotatable bonds is 6. The summed E-state index contributed by atoms with van der Waals surface area (Å²) in [5.74, 6) is -4.45. The van der Waals surface area contributed by atoms with Gasteiger partial charge in [-0.2, -0.15) is 5.26 Å². The molecule has 0 aromatic heterocycles. The van der Waals surface area contributed by atoms with E-state index in [1.165, 1.54) is 0 Å². The Balaban J connectivity index is 1.27. The topological polar surface area (TPSA) is 94.5 Å². The number of urea groups is 1. The quantitative estimate of drug-likeness (QED) is 0.469. The fourth-order valence-corrected chi connectivity index (χ4v) is 4.73. The molecule has 2 aromatic rings. The first-order valence-corrected chi connectivity index (χ1v) is 11.4. The molecule has 1 aliphatic heterocycles. The molecular weight excluding hydrogens is 461 g/mol. The first-order valence-electron chi connectivity index (χ1n) is 11.4. The molecule has 2 aliphatic rings. The van der Waals surface area contributed by atoms with Crippen LogP contribution in [0.3, 0.4) is 0 Å². The molecule has 184 valence electrons. The van der Waals surface area contributed by atoms with E-state index < -0.39 is 41.0 Å². The Morgan fingerprint density at radius 2 is 1.77 bits per heavy atom. The molecule has 4 rings (SSSR count). The van der Waals surface area contributed by atoms with E-state index in [4.69, 9.17) is 4.74 Å². The molecule has 2 aromatic carbocycles. The van der Waals surface area contributed by atoms with Gasteiger partial charge in [0.2, 0.25) is 0 Å². The van der Waals surface area contributed by atoms with Gasteiger partial charge in [-0.25, -0.2) is 27.7 Å². The van der Waals surface area contributed by atoms with Crippen LogP contribution in [-0.4, -0.2) is 42.8 Å². The highest BCUT2D eigenvalue weighted by Crippen LogP contribution is 2.39. The minimum Gasteiger partial charge on any atom is -0.446 e. The van der Waals surface area contributed by atoms with Gasteiger partial charge in [0.05, 0.1) is 11.5 Å². The van der Waals surface area contributed by atoms with E-state index in [9.17, 15) is 28.0 Å². The van der Waals surface area contributed by atoms with Crippen molar-refractivity contribution < 1.29 is 27.5 Å². The van der Waals surface area contributed by atoms with E-state index in [0.717, 1.165) is 48.3 Å². The van der Waals surface area contributed by atoms with Crippen LogP contribution in [-0.2, 0) is 10.2 Å². The summed E-state index contributed by atoms with van der Waals surface area (Å²) in [5, 5.41) is 15.8. The Kier molecular flexibility index (Phi) is 7.26. The molecule has 1 atom stereocenters. The first kappa shape index (κ1) is 24.5. The standard InChI is InChI=1S/C25H25F3N4O3/c26-19-12-16(13-20(27)22(19)28)21-14-35-24(34)32(21)23(33)31-11-10-30-18-6-8-25(15-29,9-7-18)17-4-2-1-3-5-17/h1-5,12-13,18,21,30H,6-11,14H2,(H,31,33). The zero-order chi connectivity index (χ0) is 25.0. The van der Waals surface area contributed by atoms with Gasteiger partial charge in [-0.3, -0.25) is 0 Å². The molecule has 2 N–H and O–H groups in total. The maximum atomic E-state index is 13.6. The van der Waals surface area contributed by atoms with Crippen LogP contribution in [0.4, 0.5) is 22.8 Å². The van der Waals surface area contributed by atoms with Gasteiger partial charge in [0.1, 0.15) is 12.6 Å². The third kappa shape index (κ3) is 5.10. The lowest BCUT2D eigenvalue weighted by Crippen LogP contribution is -2.46. The highest BCUT2D eigenvalue weighted by molar-refractivity contribution is 5.92. The zero-order valence-corrected chi connectivity index (χ0v) is 18.9. The lowest BCUT2D eigenvalue weighted by atomic mass is 9.69. The Morgan fingerprint density at radius 3 is 2.40 bits per heavy atom. The number of cyclic esters (lactones) is 1. The fraction of sp³-hybridized carbons (Fsp3) is 0.400. The number of hydrogen-bond donors (Lipinski definition) is 2. The monoisotopic (exact) mass is 486 g/mol. The average molecular weight is 486 g/mol. The third-order valence-corrected chi connectivity index (χ3v) is 6.70. The molecule has 35 heavy (non-hydrogen) atoms. The summed E-state index contributed by atoms with van der Waals surface area (Å²) in [4.78, 5) is 25.4. The largest absolute Gasteiger partial charge is 0.446 e. The number of nitrogens with zero attached hydrogens (tertiary/aromatic N) is 2. The highest BCUT2D eigenvalue weighted by atomic mass is 19.2. The molecule has 1 saturated heterocycles. The number of imide groups is 1. The molecule has 1 heterocycles. The predicted octanol–water partition coefficient (Wildman–Crippen LogP) is 4.30. The average Bonchev–Trinajstić information content (AvgIpc) is 3.27. The first-order chi connectivity index (χ1) is 16.8. The van der Waals surface area contributed by atoms with Crippen LogP contribution in [0.1, 0.15) is 42.9 Å². The van der Waals surface area contributed by atoms with Crippen LogP contribution >= 0.6 is 0 Å². The third-order valence-electron chi connectivity index (χ3n) is 6.70. The van der Waals surface area contributed by atoms with Crippen LogP contribution in [0.5, 0.6) is 0 Å². The minimum atomic E-state index is -1.63. The SMILES string of the molecule is N#CC1(c2ccccc2)CCC(NCCNC(=O)N2C(=O)OCC2c2cc(F)c(F)c(F)c2)CC1. The van der Waals surface area contributed by atoms with E-state index in [2.05, 4.69) is 16.7 Å². The van der Waals surface area contributed by atoms with Crippen molar-refractivity contribution in [1.29, 1.82) is 5.26 Å². The van der Waals surface area contributed by atoms with Crippen LogP contribution in [0, 0.1) is 28.8 Å². The molecule has 0 bridgehead atoms. The summed E-state index contributed by atoms with van der Waals surface area (Å²) >= 11 is 0. The molecule has 3 amide bonds. The van der Waals surface area contributed by atoms with Gasteiger partial charge in [0.25, 0.3) is 0 Å². The smallest absolute Gasteiger partial charge is 0.418 e. The van der Waals surface area contributed by atoms with Crippen LogP contribution in [0.2, 0.25) is 0 Å². The Labute approximate surface area is 200 Å². The van der Waals surface area contributed by atoms with E-state index in [1.807, 2.05) is 30.3 Å². The van der Waals surface area contributed by atoms with E-state index in [1.54, 1.807) is 0 Å². The lowest BCUT2D eigenvalue weighted by Gasteiger charge is -2.35. The Bertz CT molecular complexity index is 1110. The van der Waals surface area contributed by atoms with Crippen molar-refractivity contribution >= 4 is 12.1 Å². The molecule has 1 saturated carbocycles. The molecule has 7 nitrogen and oxygen atoms in total.